The monoisotopic (exact) mass is 464 g/mol. The van der Waals surface area contributed by atoms with Crippen molar-refractivity contribution in [1.82, 2.24) is 0 Å². The van der Waals surface area contributed by atoms with E-state index >= 15 is 0 Å². The highest BCUT2D eigenvalue weighted by Gasteiger charge is 2.50. The molecule has 0 saturated heterocycles. The zero-order valence-electron chi connectivity index (χ0n) is 21.3. The first-order valence-electron chi connectivity index (χ1n) is 13.2. The van der Waals surface area contributed by atoms with Gasteiger partial charge in [-0.1, -0.05) is 50.0 Å². The molecule has 3 fully saturated rings. The van der Waals surface area contributed by atoms with Gasteiger partial charge in [-0.25, -0.2) is 0 Å². The molecule has 5 heteroatoms. The molecule has 3 saturated carbocycles. The average molecular weight is 465 g/mol. The van der Waals surface area contributed by atoms with Crippen LogP contribution >= 0.6 is 0 Å². The van der Waals surface area contributed by atoms with Crippen LogP contribution in [0.1, 0.15) is 91.9 Å². The van der Waals surface area contributed by atoms with Crippen LogP contribution in [0.25, 0.3) is 0 Å². The lowest BCUT2D eigenvalue weighted by Crippen LogP contribution is -2.44. The first kappa shape index (κ1) is 26.9. The minimum atomic E-state index is -0.734. The van der Waals surface area contributed by atoms with Gasteiger partial charge in [0.25, 0.3) is 0 Å². The number of rotatable bonds is 9. The van der Waals surface area contributed by atoms with Crippen LogP contribution in [0.15, 0.2) is 23.3 Å². The molecule has 3 rings (SSSR count). The molecule has 3 aliphatic carbocycles. The van der Waals surface area contributed by atoms with Crippen molar-refractivity contribution in [3.05, 3.63) is 23.3 Å². The van der Waals surface area contributed by atoms with Crippen LogP contribution in [0.4, 0.5) is 0 Å². The molecule has 0 aromatic carbocycles. The van der Waals surface area contributed by atoms with Gasteiger partial charge >= 0.3 is 0 Å². The maximum Gasteiger partial charge on any atom is 0.110 e. The number of hydrogen-bond acceptors (Lipinski definition) is 5. The Bertz CT molecular complexity index is 679. The molecular formula is C28H48O5. The van der Waals surface area contributed by atoms with Crippen LogP contribution in [-0.2, 0) is 4.74 Å². The maximum atomic E-state index is 10.4. The summed E-state index contributed by atoms with van der Waals surface area (Å²) in [6.45, 7) is 8.78. The van der Waals surface area contributed by atoms with Gasteiger partial charge in [0.15, 0.2) is 0 Å². The van der Waals surface area contributed by atoms with Gasteiger partial charge in [0.1, 0.15) is 6.10 Å². The van der Waals surface area contributed by atoms with Crippen molar-refractivity contribution in [3.8, 4) is 0 Å². The summed E-state index contributed by atoms with van der Waals surface area (Å²) in [7, 11) is 0. The second-order valence-corrected chi connectivity index (χ2v) is 11.9. The van der Waals surface area contributed by atoms with E-state index in [0.717, 1.165) is 30.8 Å². The van der Waals surface area contributed by atoms with Gasteiger partial charge in [-0.2, -0.15) is 0 Å². The Kier molecular flexibility index (Phi) is 9.24. The lowest BCUT2D eigenvalue weighted by Gasteiger charge is -2.44. The Morgan fingerprint density at radius 1 is 1.15 bits per heavy atom. The molecule has 0 aromatic heterocycles. The third-order valence-corrected chi connectivity index (χ3v) is 8.81. The molecule has 5 nitrogen and oxygen atoms in total. The first-order valence-corrected chi connectivity index (χ1v) is 13.2. The third-order valence-electron chi connectivity index (χ3n) is 8.81. The van der Waals surface area contributed by atoms with E-state index in [1.54, 1.807) is 5.57 Å². The molecule has 3 aliphatic rings. The largest absolute Gasteiger partial charge is 0.394 e. The summed E-state index contributed by atoms with van der Waals surface area (Å²) in [6.07, 6.45) is 12.8. The molecule has 0 aliphatic heterocycles. The molecule has 0 amide bonds. The standard InChI is InChI=1S/C28H48O5/c1-19(7-5-13-27(2,3)32)22-11-12-23-21(8-6-14-28(22,23)4)10-9-20-17-24(30)26(25(31)18-20)33-16-15-29/h9-10,19,22-26,29-32H,5-8,11-18H2,1-4H3/b20-9?,21-10+/t19-,22?,23?,24+,25+,26?,28?/m0/s1. The van der Waals surface area contributed by atoms with Crippen molar-refractivity contribution in [1.29, 1.82) is 0 Å². The quantitative estimate of drug-likeness (QED) is 0.403. The molecular weight excluding hydrogens is 416 g/mol. The normalized spacial score (nSPS) is 37.3. The zero-order valence-corrected chi connectivity index (χ0v) is 21.3. The van der Waals surface area contributed by atoms with Crippen LogP contribution in [0, 0.1) is 23.2 Å². The maximum absolute atomic E-state index is 10.4. The summed E-state index contributed by atoms with van der Waals surface area (Å²) in [4.78, 5) is 0. The van der Waals surface area contributed by atoms with Gasteiger partial charge < -0.3 is 25.2 Å². The second-order valence-electron chi connectivity index (χ2n) is 11.9. The number of aliphatic hydroxyl groups excluding tert-OH is 3. The molecule has 0 heterocycles. The van der Waals surface area contributed by atoms with E-state index in [0.29, 0.717) is 30.1 Å². The van der Waals surface area contributed by atoms with Crippen LogP contribution in [0.3, 0.4) is 0 Å². The van der Waals surface area contributed by atoms with E-state index in [9.17, 15) is 15.3 Å². The van der Waals surface area contributed by atoms with E-state index in [1.165, 1.54) is 32.1 Å². The van der Waals surface area contributed by atoms with Crippen molar-refractivity contribution >= 4 is 0 Å². The minimum Gasteiger partial charge on any atom is -0.394 e. The van der Waals surface area contributed by atoms with Crippen LogP contribution < -0.4 is 0 Å². The summed E-state index contributed by atoms with van der Waals surface area (Å²) in [5.74, 6) is 2.05. The first-order chi connectivity index (χ1) is 15.5. The lowest BCUT2D eigenvalue weighted by atomic mass is 9.60. The highest BCUT2D eigenvalue weighted by atomic mass is 16.5. The molecule has 33 heavy (non-hydrogen) atoms. The van der Waals surface area contributed by atoms with E-state index in [4.69, 9.17) is 9.84 Å². The average Bonchev–Trinajstić information content (AvgIpc) is 3.08. The van der Waals surface area contributed by atoms with E-state index in [-0.39, 0.29) is 13.2 Å². The third kappa shape index (κ3) is 6.70. The lowest BCUT2D eigenvalue weighted by molar-refractivity contribution is -0.115. The van der Waals surface area contributed by atoms with Crippen LogP contribution in [0.2, 0.25) is 0 Å². The van der Waals surface area contributed by atoms with Crippen LogP contribution in [0.5, 0.6) is 0 Å². The summed E-state index contributed by atoms with van der Waals surface area (Å²) < 4.78 is 5.44. The van der Waals surface area contributed by atoms with Gasteiger partial charge in [0.2, 0.25) is 0 Å². The van der Waals surface area contributed by atoms with Crippen molar-refractivity contribution in [2.45, 2.75) is 116 Å². The number of aliphatic hydroxyl groups is 4. The molecule has 3 unspecified atom stereocenters. The smallest absolute Gasteiger partial charge is 0.110 e. The Balaban J connectivity index is 1.64. The van der Waals surface area contributed by atoms with Crippen molar-refractivity contribution in [3.63, 3.8) is 0 Å². The number of ether oxygens (including phenoxy) is 1. The van der Waals surface area contributed by atoms with Gasteiger partial charge in [-0.05, 0) is 88.4 Å². The van der Waals surface area contributed by atoms with Gasteiger partial charge in [-0.3, -0.25) is 0 Å². The SMILES string of the molecule is C[C@@H](CCCC(C)(C)O)C1CCC2/C(=C/C=C3C[C@@H](O)C(OCCO)[C@H](O)C3)CCCC21C. The van der Waals surface area contributed by atoms with Gasteiger partial charge in [0.05, 0.1) is 31.0 Å². The Morgan fingerprint density at radius 2 is 1.85 bits per heavy atom. The summed E-state index contributed by atoms with van der Waals surface area (Å²) in [5.41, 5.74) is 2.41. The van der Waals surface area contributed by atoms with Crippen LogP contribution in [-0.4, -0.2) is 57.6 Å². The zero-order chi connectivity index (χ0) is 24.2. The fourth-order valence-electron chi connectivity index (χ4n) is 7.15. The molecule has 190 valence electrons. The molecule has 0 radical (unpaired) electrons. The van der Waals surface area contributed by atoms with E-state index in [2.05, 4.69) is 26.0 Å². The number of allylic oxidation sites excluding steroid dienone is 3. The predicted molar refractivity (Wildman–Crippen MR) is 132 cm³/mol. The highest BCUT2D eigenvalue weighted by molar-refractivity contribution is 5.26. The number of fused-ring (bicyclic) bond motifs is 1. The Morgan fingerprint density at radius 3 is 2.48 bits per heavy atom. The van der Waals surface area contributed by atoms with E-state index in [1.807, 2.05) is 13.8 Å². The van der Waals surface area contributed by atoms with Gasteiger partial charge in [0, 0.05) is 0 Å². The molecule has 0 aromatic rings. The van der Waals surface area contributed by atoms with Gasteiger partial charge in [-0.15, -0.1) is 0 Å². The predicted octanol–water partition coefficient (Wildman–Crippen LogP) is 4.53. The molecule has 4 N–H and O–H groups in total. The molecule has 0 bridgehead atoms. The van der Waals surface area contributed by atoms with Crippen molar-refractivity contribution in [2.24, 2.45) is 23.2 Å². The summed E-state index contributed by atoms with van der Waals surface area (Å²) >= 11 is 0. The second kappa shape index (κ2) is 11.3. The molecule has 0 spiro atoms. The summed E-state index contributed by atoms with van der Waals surface area (Å²) in [5, 5.41) is 39.9. The topological polar surface area (TPSA) is 90.2 Å². The van der Waals surface area contributed by atoms with E-state index < -0.39 is 23.9 Å². The van der Waals surface area contributed by atoms with Crippen molar-refractivity contribution < 1.29 is 25.2 Å². The fourth-order valence-corrected chi connectivity index (χ4v) is 7.15. The Hall–Kier alpha value is -0.720. The molecule has 6 atom stereocenters. The minimum absolute atomic E-state index is 0.107. The highest BCUT2D eigenvalue weighted by Crippen LogP contribution is 2.60. The number of hydrogen-bond donors (Lipinski definition) is 4. The fraction of sp³-hybridized carbons (Fsp3) is 0.857. The van der Waals surface area contributed by atoms with Crippen molar-refractivity contribution in [2.75, 3.05) is 13.2 Å². The summed E-state index contributed by atoms with van der Waals surface area (Å²) in [6, 6.07) is 0. The Labute approximate surface area is 200 Å².